The van der Waals surface area contributed by atoms with Crippen molar-refractivity contribution >= 4 is 5.69 Å². The quantitative estimate of drug-likeness (QED) is 0.806. The molecule has 0 saturated carbocycles. The first kappa shape index (κ1) is 11.5. The molecule has 0 aliphatic carbocycles. The molecular weight excluding hydrogens is 191 g/mol. The molecule has 0 heterocycles. The number of nitrogens with zero attached hydrogens (tertiary/aromatic N) is 1. The first-order valence-corrected chi connectivity index (χ1v) is 4.86. The minimum absolute atomic E-state index is 0.0799. The van der Waals surface area contributed by atoms with Crippen molar-refractivity contribution < 1.29 is 4.39 Å². The molecule has 1 aromatic carbocycles. The highest BCUT2D eigenvalue weighted by atomic mass is 19.1. The summed E-state index contributed by atoms with van der Waals surface area (Å²) in [6.45, 7) is 7.05. The van der Waals surface area contributed by atoms with Crippen molar-refractivity contribution in [1.29, 1.82) is 5.26 Å². The minimum atomic E-state index is -0.476. The van der Waals surface area contributed by atoms with E-state index in [1.165, 1.54) is 12.1 Å². The van der Waals surface area contributed by atoms with Gasteiger partial charge in [-0.15, -0.1) is 0 Å². The van der Waals surface area contributed by atoms with E-state index in [1.54, 1.807) is 12.1 Å². The van der Waals surface area contributed by atoms with Crippen molar-refractivity contribution in [2.24, 2.45) is 5.41 Å². The zero-order valence-corrected chi connectivity index (χ0v) is 9.26. The Morgan fingerprint density at radius 3 is 2.53 bits per heavy atom. The van der Waals surface area contributed by atoms with Crippen LogP contribution in [0.15, 0.2) is 18.2 Å². The largest absolute Gasteiger partial charge is 0.384 e. The van der Waals surface area contributed by atoms with Crippen LogP contribution in [0.1, 0.15) is 26.3 Å². The van der Waals surface area contributed by atoms with Crippen LogP contribution in [0.5, 0.6) is 0 Å². The van der Waals surface area contributed by atoms with Crippen molar-refractivity contribution in [2.75, 3.05) is 11.9 Å². The molecule has 0 bridgehead atoms. The maximum atomic E-state index is 13.2. The van der Waals surface area contributed by atoms with Crippen molar-refractivity contribution in [2.45, 2.75) is 20.8 Å². The van der Waals surface area contributed by atoms with Gasteiger partial charge >= 0.3 is 0 Å². The zero-order chi connectivity index (χ0) is 11.5. The van der Waals surface area contributed by atoms with Gasteiger partial charge in [0.05, 0.1) is 5.56 Å². The third-order valence-corrected chi connectivity index (χ3v) is 1.91. The number of anilines is 1. The van der Waals surface area contributed by atoms with E-state index >= 15 is 0 Å². The average Bonchev–Trinajstić information content (AvgIpc) is 2.14. The van der Waals surface area contributed by atoms with Crippen LogP contribution in [0.3, 0.4) is 0 Å². The van der Waals surface area contributed by atoms with Crippen molar-refractivity contribution in [1.82, 2.24) is 0 Å². The molecule has 0 aliphatic heterocycles. The lowest BCUT2D eigenvalue weighted by Crippen LogP contribution is -2.19. The second-order valence-electron chi connectivity index (χ2n) is 4.72. The molecule has 0 aliphatic rings. The summed E-state index contributed by atoms with van der Waals surface area (Å²) < 4.78 is 13.2. The standard InChI is InChI=1S/C12H15FN2/c1-12(2,3)8-15-10-5-4-9(7-14)11(13)6-10/h4-6,15H,8H2,1-3H3. The summed E-state index contributed by atoms with van der Waals surface area (Å²) in [5.41, 5.74) is 0.933. The number of hydrogen-bond donors (Lipinski definition) is 1. The summed E-state index contributed by atoms with van der Waals surface area (Å²) in [4.78, 5) is 0. The SMILES string of the molecule is CC(C)(C)CNc1ccc(C#N)c(F)c1. The van der Waals surface area contributed by atoms with Crippen molar-refractivity contribution in [3.8, 4) is 6.07 Å². The molecule has 1 rings (SSSR count). The number of rotatable bonds is 2. The summed E-state index contributed by atoms with van der Waals surface area (Å²) in [5, 5.41) is 11.7. The van der Waals surface area contributed by atoms with E-state index in [9.17, 15) is 4.39 Å². The monoisotopic (exact) mass is 206 g/mol. The van der Waals surface area contributed by atoms with Crippen LogP contribution in [-0.2, 0) is 0 Å². The topological polar surface area (TPSA) is 35.8 Å². The number of nitrogens with one attached hydrogen (secondary N) is 1. The summed E-state index contributed by atoms with van der Waals surface area (Å²) in [7, 11) is 0. The van der Waals surface area contributed by atoms with Gasteiger partial charge in [0, 0.05) is 12.2 Å². The van der Waals surface area contributed by atoms with E-state index in [1.807, 2.05) is 0 Å². The second kappa shape index (κ2) is 4.31. The molecule has 3 heteroatoms. The molecule has 0 amide bonds. The Hall–Kier alpha value is -1.56. The normalized spacial score (nSPS) is 10.9. The van der Waals surface area contributed by atoms with E-state index in [4.69, 9.17) is 5.26 Å². The van der Waals surface area contributed by atoms with Crippen molar-refractivity contribution in [3.63, 3.8) is 0 Å². The molecule has 0 aromatic heterocycles. The van der Waals surface area contributed by atoms with Gasteiger partial charge in [-0.1, -0.05) is 20.8 Å². The highest BCUT2D eigenvalue weighted by Crippen LogP contribution is 2.17. The minimum Gasteiger partial charge on any atom is -0.384 e. The lowest BCUT2D eigenvalue weighted by Gasteiger charge is -2.19. The Kier molecular flexibility index (Phi) is 3.31. The Morgan fingerprint density at radius 2 is 2.07 bits per heavy atom. The molecule has 1 N–H and O–H groups in total. The number of benzene rings is 1. The Morgan fingerprint density at radius 1 is 1.40 bits per heavy atom. The molecule has 0 fully saturated rings. The molecule has 80 valence electrons. The van der Waals surface area contributed by atoms with E-state index in [2.05, 4.69) is 26.1 Å². The summed E-state index contributed by atoms with van der Waals surface area (Å²) in [6.07, 6.45) is 0. The fourth-order valence-corrected chi connectivity index (χ4v) is 1.08. The van der Waals surface area contributed by atoms with Gasteiger partial charge < -0.3 is 5.32 Å². The van der Waals surface area contributed by atoms with E-state index in [0.29, 0.717) is 5.69 Å². The third-order valence-electron chi connectivity index (χ3n) is 1.91. The fourth-order valence-electron chi connectivity index (χ4n) is 1.08. The van der Waals surface area contributed by atoms with Crippen LogP contribution in [0.25, 0.3) is 0 Å². The molecule has 1 aromatic rings. The zero-order valence-electron chi connectivity index (χ0n) is 9.26. The highest BCUT2D eigenvalue weighted by molar-refractivity contribution is 5.48. The molecule has 15 heavy (non-hydrogen) atoms. The lowest BCUT2D eigenvalue weighted by atomic mass is 9.97. The predicted molar refractivity (Wildman–Crippen MR) is 59.1 cm³/mol. The summed E-state index contributed by atoms with van der Waals surface area (Å²) in [5.74, 6) is -0.476. The molecule has 0 radical (unpaired) electrons. The van der Waals surface area contributed by atoms with E-state index in [-0.39, 0.29) is 11.0 Å². The van der Waals surface area contributed by atoms with Gasteiger partial charge in [0.15, 0.2) is 0 Å². The number of halogens is 1. The van der Waals surface area contributed by atoms with Gasteiger partial charge in [-0.3, -0.25) is 0 Å². The molecule has 0 spiro atoms. The first-order chi connectivity index (χ1) is 6.92. The Bertz CT molecular complexity index is 386. The molecule has 0 unspecified atom stereocenters. The summed E-state index contributed by atoms with van der Waals surface area (Å²) in [6, 6.07) is 6.35. The maximum absolute atomic E-state index is 13.2. The van der Waals surface area contributed by atoms with E-state index in [0.717, 1.165) is 6.54 Å². The number of nitriles is 1. The Balaban J connectivity index is 2.73. The molecular formula is C12H15FN2. The molecule has 2 nitrogen and oxygen atoms in total. The lowest BCUT2D eigenvalue weighted by molar-refractivity contribution is 0.443. The highest BCUT2D eigenvalue weighted by Gasteiger charge is 2.10. The smallest absolute Gasteiger partial charge is 0.143 e. The maximum Gasteiger partial charge on any atom is 0.143 e. The third kappa shape index (κ3) is 3.59. The van der Waals surface area contributed by atoms with Crippen LogP contribution in [0.2, 0.25) is 0 Å². The first-order valence-electron chi connectivity index (χ1n) is 4.86. The van der Waals surface area contributed by atoms with Gasteiger partial charge in [-0.25, -0.2) is 4.39 Å². The average molecular weight is 206 g/mol. The van der Waals surface area contributed by atoms with Crippen LogP contribution in [0, 0.1) is 22.6 Å². The van der Waals surface area contributed by atoms with Crippen LogP contribution in [-0.4, -0.2) is 6.54 Å². The molecule has 0 atom stereocenters. The van der Waals surface area contributed by atoms with Gasteiger partial charge in [0.1, 0.15) is 11.9 Å². The van der Waals surface area contributed by atoms with Gasteiger partial charge in [0.25, 0.3) is 0 Å². The van der Waals surface area contributed by atoms with Crippen molar-refractivity contribution in [3.05, 3.63) is 29.6 Å². The second-order valence-corrected chi connectivity index (χ2v) is 4.72. The Labute approximate surface area is 89.7 Å². The summed E-state index contributed by atoms with van der Waals surface area (Å²) >= 11 is 0. The molecule has 0 saturated heterocycles. The van der Waals surface area contributed by atoms with Crippen LogP contribution in [0.4, 0.5) is 10.1 Å². The van der Waals surface area contributed by atoms with Crippen LogP contribution >= 0.6 is 0 Å². The van der Waals surface area contributed by atoms with E-state index < -0.39 is 5.82 Å². The van der Waals surface area contributed by atoms with Gasteiger partial charge in [0.2, 0.25) is 0 Å². The van der Waals surface area contributed by atoms with Gasteiger partial charge in [-0.2, -0.15) is 5.26 Å². The fraction of sp³-hybridized carbons (Fsp3) is 0.417. The van der Waals surface area contributed by atoms with Crippen LogP contribution < -0.4 is 5.32 Å². The predicted octanol–water partition coefficient (Wildman–Crippen LogP) is 3.16. The van der Waals surface area contributed by atoms with Gasteiger partial charge in [-0.05, 0) is 23.6 Å². The number of hydrogen-bond acceptors (Lipinski definition) is 2.